The highest BCUT2D eigenvalue weighted by Gasteiger charge is 2.21. The summed E-state index contributed by atoms with van der Waals surface area (Å²) in [5, 5.41) is 2.35. The van der Waals surface area contributed by atoms with Crippen molar-refractivity contribution in [3.05, 3.63) is 68.2 Å². The second-order valence-corrected chi connectivity index (χ2v) is 6.29. The van der Waals surface area contributed by atoms with Gasteiger partial charge in [0.1, 0.15) is 18.0 Å². The number of anilines is 1. The number of hydrogen-bond acceptors (Lipinski definition) is 6. The number of pyridine rings is 1. The highest BCUT2D eigenvalue weighted by Crippen LogP contribution is 2.15. The summed E-state index contributed by atoms with van der Waals surface area (Å²) in [6, 6.07) is 6.39. The number of ether oxygens (including phenoxy) is 1. The van der Waals surface area contributed by atoms with Gasteiger partial charge in [0.15, 0.2) is 0 Å². The predicted octanol–water partition coefficient (Wildman–Crippen LogP) is 0.968. The summed E-state index contributed by atoms with van der Waals surface area (Å²) < 4.78 is 19.5. The Labute approximate surface area is 163 Å². The first-order valence-electron chi connectivity index (χ1n) is 8.48. The van der Waals surface area contributed by atoms with Gasteiger partial charge in [-0.2, -0.15) is 0 Å². The van der Waals surface area contributed by atoms with Gasteiger partial charge in [-0.15, -0.1) is 0 Å². The maximum atomic E-state index is 13.0. The minimum atomic E-state index is -0.842. The van der Waals surface area contributed by atoms with E-state index >= 15 is 0 Å². The van der Waals surface area contributed by atoms with Crippen LogP contribution >= 0.6 is 0 Å². The monoisotopic (exact) mass is 400 g/mol. The first kappa shape index (κ1) is 19.9. The fraction of sp³-hybridized carbons (Fsp3) is 0.211. The van der Waals surface area contributed by atoms with Gasteiger partial charge in [-0.1, -0.05) is 0 Å². The highest BCUT2D eigenvalue weighted by molar-refractivity contribution is 6.02. The molecule has 0 fully saturated rings. The van der Waals surface area contributed by atoms with Crippen LogP contribution in [-0.4, -0.2) is 33.1 Å². The van der Waals surface area contributed by atoms with Gasteiger partial charge in [-0.25, -0.2) is 19.0 Å². The Bertz CT molecular complexity index is 1240. The van der Waals surface area contributed by atoms with Crippen molar-refractivity contribution in [1.82, 2.24) is 14.1 Å². The fourth-order valence-corrected chi connectivity index (χ4v) is 2.89. The van der Waals surface area contributed by atoms with E-state index in [4.69, 9.17) is 4.74 Å². The molecule has 0 bridgehead atoms. The van der Waals surface area contributed by atoms with Crippen molar-refractivity contribution in [2.45, 2.75) is 13.5 Å². The molecule has 0 aliphatic carbocycles. The van der Waals surface area contributed by atoms with Crippen molar-refractivity contribution in [3.63, 3.8) is 0 Å². The maximum Gasteiger partial charge on any atom is 0.338 e. The quantitative estimate of drug-likeness (QED) is 0.653. The number of carbonyl (C=O) groups is 2. The van der Waals surface area contributed by atoms with Crippen LogP contribution in [0.25, 0.3) is 11.0 Å². The van der Waals surface area contributed by atoms with Gasteiger partial charge >= 0.3 is 11.7 Å². The zero-order chi connectivity index (χ0) is 21.3. The molecule has 2 heterocycles. The van der Waals surface area contributed by atoms with Gasteiger partial charge in [-0.05, 0) is 37.3 Å². The first-order valence-corrected chi connectivity index (χ1v) is 8.48. The van der Waals surface area contributed by atoms with E-state index in [1.807, 2.05) is 0 Å². The van der Waals surface area contributed by atoms with E-state index in [0.717, 1.165) is 16.7 Å². The highest BCUT2D eigenvalue weighted by atomic mass is 19.1. The average Bonchev–Trinajstić information content (AvgIpc) is 2.70. The lowest BCUT2D eigenvalue weighted by molar-refractivity contribution is -0.116. The third-order valence-corrected chi connectivity index (χ3v) is 4.26. The van der Waals surface area contributed by atoms with Crippen LogP contribution in [0.2, 0.25) is 0 Å². The molecule has 0 aliphatic heterocycles. The fourth-order valence-electron chi connectivity index (χ4n) is 2.89. The number of fused-ring (bicyclic) bond motifs is 1. The molecule has 0 saturated carbocycles. The summed E-state index contributed by atoms with van der Waals surface area (Å²) in [6.07, 6.45) is 0. The number of halogens is 1. The molecule has 9 nitrogen and oxygen atoms in total. The standard InChI is InChI=1S/C19H17FN4O5/c1-10-8-13(18(27)29-3)15-16(21-10)23(2)19(28)24(17(15)26)9-14(25)22-12-6-4-11(20)5-7-12/h4-8H,9H2,1-3H3,(H,22,25). The van der Waals surface area contributed by atoms with Crippen LogP contribution < -0.4 is 16.6 Å². The largest absolute Gasteiger partial charge is 0.465 e. The lowest BCUT2D eigenvalue weighted by Crippen LogP contribution is -2.42. The zero-order valence-corrected chi connectivity index (χ0v) is 15.9. The molecule has 3 rings (SSSR count). The Morgan fingerprint density at radius 1 is 1.21 bits per heavy atom. The molecule has 29 heavy (non-hydrogen) atoms. The molecule has 1 aromatic carbocycles. The van der Waals surface area contributed by atoms with Gasteiger partial charge in [0.2, 0.25) is 5.91 Å². The Balaban J connectivity index is 2.11. The molecule has 150 valence electrons. The van der Waals surface area contributed by atoms with Crippen LogP contribution in [-0.2, 0) is 23.1 Å². The molecule has 10 heteroatoms. The number of aryl methyl sites for hydroxylation is 2. The van der Waals surface area contributed by atoms with E-state index in [9.17, 15) is 23.6 Å². The van der Waals surface area contributed by atoms with E-state index in [-0.39, 0.29) is 16.6 Å². The number of rotatable bonds is 4. The molecule has 2 aromatic heterocycles. The Morgan fingerprint density at radius 2 is 1.86 bits per heavy atom. The molecule has 1 N–H and O–H groups in total. The van der Waals surface area contributed by atoms with Crippen LogP contribution in [0.1, 0.15) is 16.1 Å². The van der Waals surface area contributed by atoms with E-state index in [1.165, 1.54) is 32.4 Å². The third kappa shape index (κ3) is 3.77. The van der Waals surface area contributed by atoms with Crippen molar-refractivity contribution in [2.24, 2.45) is 7.05 Å². The molecule has 3 aromatic rings. The number of amides is 1. The van der Waals surface area contributed by atoms with Crippen LogP contribution in [0.4, 0.5) is 10.1 Å². The van der Waals surface area contributed by atoms with E-state index in [1.54, 1.807) is 6.92 Å². The Kier molecular flexibility index (Phi) is 5.26. The molecule has 0 unspecified atom stereocenters. The summed E-state index contributed by atoms with van der Waals surface area (Å²) in [4.78, 5) is 54.2. The van der Waals surface area contributed by atoms with Crippen LogP contribution in [0.5, 0.6) is 0 Å². The molecule has 0 radical (unpaired) electrons. The second-order valence-electron chi connectivity index (χ2n) is 6.29. The number of esters is 1. The summed E-state index contributed by atoms with van der Waals surface area (Å²) in [5.41, 5.74) is -0.941. The molecule has 0 saturated heterocycles. The first-order chi connectivity index (χ1) is 13.7. The smallest absolute Gasteiger partial charge is 0.338 e. The van der Waals surface area contributed by atoms with Crippen molar-refractivity contribution >= 4 is 28.6 Å². The van der Waals surface area contributed by atoms with Crippen LogP contribution in [0.15, 0.2) is 39.9 Å². The van der Waals surface area contributed by atoms with E-state index in [0.29, 0.717) is 15.9 Å². The molecule has 0 spiro atoms. The summed E-state index contributed by atoms with van der Waals surface area (Å²) in [5.74, 6) is -1.91. The predicted molar refractivity (Wildman–Crippen MR) is 102 cm³/mol. The Morgan fingerprint density at radius 3 is 2.48 bits per heavy atom. The SMILES string of the molecule is COC(=O)c1cc(C)nc2c1c(=O)n(CC(=O)Nc1ccc(F)cc1)c(=O)n2C. The zero-order valence-electron chi connectivity index (χ0n) is 15.9. The second kappa shape index (κ2) is 7.66. The van der Waals surface area contributed by atoms with Crippen LogP contribution in [0.3, 0.4) is 0 Å². The minimum absolute atomic E-state index is 0.00981. The number of carbonyl (C=O) groups excluding carboxylic acids is 2. The third-order valence-electron chi connectivity index (χ3n) is 4.26. The average molecular weight is 400 g/mol. The number of nitrogens with zero attached hydrogens (tertiary/aromatic N) is 3. The Hall–Kier alpha value is -3.82. The number of nitrogens with one attached hydrogen (secondary N) is 1. The number of methoxy groups -OCH3 is 1. The van der Waals surface area contributed by atoms with E-state index < -0.39 is 35.5 Å². The number of benzene rings is 1. The number of aromatic nitrogens is 3. The summed E-state index contributed by atoms with van der Waals surface area (Å²) in [7, 11) is 2.55. The maximum absolute atomic E-state index is 13.0. The van der Waals surface area contributed by atoms with Crippen molar-refractivity contribution < 1.29 is 18.7 Å². The normalized spacial score (nSPS) is 10.8. The van der Waals surface area contributed by atoms with Crippen molar-refractivity contribution in [2.75, 3.05) is 12.4 Å². The minimum Gasteiger partial charge on any atom is -0.465 e. The van der Waals surface area contributed by atoms with Gasteiger partial charge < -0.3 is 10.1 Å². The molecule has 0 atom stereocenters. The van der Waals surface area contributed by atoms with Gasteiger partial charge in [0.05, 0.1) is 18.1 Å². The van der Waals surface area contributed by atoms with Gasteiger partial charge in [0, 0.05) is 18.4 Å². The van der Waals surface area contributed by atoms with Gasteiger partial charge in [0.25, 0.3) is 5.56 Å². The molecular formula is C19H17FN4O5. The lowest BCUT2D eigenvalue weighted by atomic mass is 10.1. The molecular weight excluding hydrogens is 383 g/mol. The van der Waals surface area contributed by atoms with Crippen molar-refractivity contribution in [3.8, 4) is 0 Å². The van der Waals surface area contributed by atoms with Crippen molar-refractivity contribution in [1.29, 1.82) is 0 Å². The summed E-state index contributed by atoms with van der Waals surface area (Å²) in [6.45, 7) is 1.01. The van der Waals surface area contributed by atoms with Gasteiger partial charge in [-0.3, -0.25) is 18.7 Å². The molecule has 0 aliphatic rings. The molecule has 1 amide bonds. The summed E-state index contributed by atoms with van der Waals surface area (Å²) >= 11 is 0. The van der Waals surface area contributed by atoms with E-state index in [2.05, 4.69) is 10.3 Å². The number of hydrogen-bond donors (Lipinski definition) is 1. The lowest BCUT2D eigenvalue weighted by Gasteiger charge is -2.13. The topological polar surface area (TPSA) is 112 Å². The van der Waals surface area contributed by atoms with Crippen LogP contribution in [0, 0.1) is 12.7 Å².